The third kappa shape index (κ3) is 3.60. The summed E-state index contributed by atoms with van der Waals surface area (Å²) in [6.45, 7) is 0.839. The Morgan fingerprint density at radius 1 is 1.28 bits per heavy atom. The van der Waals surface area contributed by atoms with Crippen molar-refractivity contribution >= 4 is 17.3 Å². The number of hydrogen-bond acceptors (Lipinski definition) is 5. The maximum atomic E-state index is 13.3. The highest BCUT2D eigenvalue weighted by Crippen LogP contribution is 2.37. The second-order valence-electron chi connectivity index (χ2n) is 7.90. The van der Waals surface area contributed by atoms with E-state index in [2.05, 4.69) is 4.98 Å². The van der Waals surface area contributed by atoms with Gasteiger partial charge in [-0.2, -0.15) is 0 Å². The average molecular weight is 432 g/mol. The van der Waals surface area contributed by atoms with Crippen LogP contribution in [-0.4, -0.2) is 22.4 Å². The number of allylic oxidation sites excluding steroid dienone is 4. The number of halogens is 1. The summed E-state index contributed by atoms with van der Waals surface area (Å²) in [5, 5.41) is 0. The van der Waals surface area contributed by atoms with Gasteiger partial charge in [0, 0.05) is 11.8 Å². The van der Waals surface area contributed by atoms with Crippen molar-refractivity contribution in [2.24, 2.45) is 5.92 Å². The number of aromatic nitrogens is 2. The van der Waals surface area contributed by atoms with Crippen LogP contribution in [0.2, 0.25) is 0 Å². The van der Waals surface area contributed by atoms with Crippen LogP contribution in [0.15, 0.2) is 65.4 Å². The molecular formula is C25H21FN2O4. The van der Waals surface area contributed by atoms with E-state index in [1.165, 1.54) is 6.08 Å². The van der Waals surface area contributed by atoms with Crippen molar-refractivity contribution in [3.63, 3.8) is 0 Å². The van der Waals surface area contributed by atoms with E-state index in [0.717, 1.165) is 11.1 Å². The molecule has 3 aromatic rings. The lowest BCUT2D eigenvalue weighted by Gasteiger charge is -2.25. The fraction of sp³-hybridized carbons (Fsp3) is 0.240. The number of rotatable bonds is 6. The quantitative estimate of drug-likeness (QED) is 0.547. The van der Waals surface area contributed by atoms with E-state index in [9.17, 15) is 14.0 Å². The minimum absolute atomic E-state index is 0.0441. The molecule has 6 nitrogen and oxygen atoms in total. The molecular weight excluding hydrogens is 411 g/mol. The number of hydrogen-bond donors (Lipinski definition) is 0. The first-order valence-corrected chi connectivity index (χ1v) is 10.5. The molecule has 0 bridgehead atoms. The van der Waals surface area contributed by atoms with E-state index < -0.39 is 5.56 Å². The molecule has 3 heterocycles. The van der Waals surface area contributed by atoms with Crippen LogP contribution in [-0.2, 0) is 19.6 Å². The van der Waals surface area contributed by atoms with Crippen molar-refractivity contribution in [2.45, 2.75) is 26.0 Å². The fourth-order valence-corrected chi connectivity index (χ4v) is 4.22. The lowest BCUT2D eigenvalue weighted by Crippen LogP contribution is -2.31. The summed E-state index contributed by atoms with van der Waals surface area (Å²) >= 11 is 0. The normalized spacial score (nSPS) is 17.0. The molecule has 162 valence electrons. The van der Waals surface area contributed by atoms with E-state index in [1.54, 1.807) is 16.8 Å². The number of benzene rings is 1. The van der Waals surface area contributed by atoms with Gasteiger partial charge in [0.25, 0.3) is 5.56 Å². The fourth-order valence-electron chi connectivity index (χ4n) is 4.22. The first-order chi connectivity index (χ1) is 15.7. The second-order valence-corrected chi connectivity index (χ2v) is 7.90. The monoisotopic (exact) mass is 432 g/mol. The van der Waals surface area contributed by atoms with Gasteiger partial charge in [-0.1, -0.05) is 36.4 Å². The van der Waals surface area contributed by atoms with Gasteiger partial charge in [-0.15, -0.1) is 0 Å². The average Bonchev–Trinajstić information content (AvgIpc) is 2.83. The van der Waals surface area contributed by atoms with Crippen LogP contribution in [0.3, 0.4) is 0 Å². The molecule has 32 heavy (non-hydrogen) atoms. The molecule has 7 heteroatoms. The van der Waals surface area contributed by atoms with Crippen LogP contribution >= 0.6 is 0 Å². The van der Waals surface area contributed by atoms with Crippen molar-refractivity contribution in [2.75, 3.05) is 6.61 Å². The topological polar surface area (TPSA) is 70.4 Å². The van der Waals surface area contributed by atoms with Crippen molar-refractivity contribution in [3.05, 3.63) is 87.6 Å². The second kappa shape index (κ2) is 8.42. The van der Waals surface area contributed by atoms with Gasteiger partial charge in [-0.25, -0.2) is 4.39 Å². The molecule has 0 N–H and O–H groups in total. The Bertz CT molecular complexity index is 1310. The van der Waals surface area contributed by atoms with E-state index in [0.29, 0.717) is 49.1 Å². The molecule has 0 radical (unpaired) electrons. The summed E-state index contributed by atoms with van der Waals surface area (Å²) in [5.41, 5.74) is 2.24. The first-order valence-electron chi connectivity index (χ1n) is 10.5. The molecule has 1 atom stereocenters. The van der Waals surface area contributed by atoms with Crippen LogP contribution in [0.25, 0.3) is 11.0 Å². The summed E-state index contributed by atoms with van der Waals surface area (Å²) in [6.07, 6.45) is 8.29. The molecule has 2 aliphatic rings. The smallest absolute Gasteiger partial charge is 0.265 e. The van der Waals surface area contributed by atoms with Crippen molar-refractivity contribution in [1.29, 1.82) is 0 Å². The van der Waals surface area contributed by atoms with Crippen LogP contribution in [0.4, 0.5) is 4.39 Å². The van der Waals surface area contributed by atoms with Crippen LogP contribution < -0.4 is 15.0 Å². The largest absolute Gasteiger partial charge is 0.489 e. The Balaban J connectivity index is 1.60. The summed E-state index contributed by atoms with van der Waals surface area (Å²) in [5.74, 6) is 0.620. The number of aldehydes is 1. The molecule has 0 saturated carbocycles. The lowest BCUT2D eigenvalue weighted by atomic mass is 9.92. The molecule has 0 saturated heterocycles. The lowest BCUT2D eigenvalue weighted by molar-refractivity contribution is 0.111. The molecule has 0 spiro atoms. The van der Waals surface area contributed by atoms with Gasteiger partial charge in [-0.3, -0.25) is 19.1 Å². The summed E-state index contributed by atoms with van der Waals surface area (Å²) in [6, 6.07) is 9.50. The molecule has 5 rings (SSSR count). The molecule has 1 unspecified atom stereocenters. The zero-order valence-electron chi connectivity index (χ0n) is 17.3. The third-order valence-corrected chi connectivity index (χ3v) is 5.82. The van der Waals surface area contributed by atoms with Gasteiger partial charge in [0.2, 0.25) is 0 Å². The standard InChI is InChI=1S/C25H21FN2O4/c26-19-8-6-16(7-9-19)12-18-13-27-21-22-23(18)31-11-10-28(22)25(30)20(14-29)24(21)32-15-17-4-2-1-3-5-17/h1-6,8-9,13-14,16H,7,10-12,15H2. The highest BCUT2D eigenvalue weighted by molar-refractivity contribution is 5.95. The van der Waals surface area contributed by atoms with Gasteiger partial charge in [0.1, 0.15) is 41.4 Å². The van der Waals surface area contributed by atoms with E-state index >= 15 is 0 Å². The molecule has 1 aliphatic heterocycles. The first kappa shape index (κ1) is 20.2. The Morgan fingerprint density at radius 2 is 2.12 bits per heavy atom. The summed E-state index contributed by atoms with van der Waals surface area (Å²) in [4.78, 5) is 29.5. The van der Waals surface area contributed by atoms with Crippen molar-refractivity contribution in [3.8, 4) is 11.5 Å². The number of carbonyl (C=O) groups is 1. The Labute approximate surface area is 183 Å². The number of carbonyl (C=O) groups excluding carboxylic acids is 1. The van der Waals surface area contributed by atoms with Gasteiger partial charge in [0.05, 0.1) is 6.54 Å². The number of ether oxygens (including phenoxy) is 2. The molecule has 1 aliphatic carbocycles. The minimum atomic E-state index is -0.415. The molecule has 1 aromatic carbocycles. The zero-order chi connectivity index (χ0) is 22.1. The number of nitrogens with zero attached hydrogens (tertiary/aromatic N) is 2. The van der Waals surface area contributed by atoms with E-state index in [-0.39, 0.29) is 29.7 Å². The van der Waals surface area contributed by atoms with Crippen LogP contribution in [0, 0.1) is 5.92 Å². The van der Waals surface area contributed by atoms with Gasteiger partial charge < -0.3 is 9.47 Å². The molecule has 2 aromatic heterocycles. The third-order valence-electron chi connectivity index (χ3n) is 5.82. The Morgan fingerprint density at radius 3 is 2.88 bits per heavy atom. The molecule has 0 amide bonds. The zero-order valence-corrected chi connectivity index (χ0v) is 17.3. The summed E-state index contributed by atoms with van der Waals surface area (Å²) in [7, 11) is 0. The maximum absolute atomic E-state index is 13.3. The minimum Gasteiger partial charge on any atom is -0.489 e. The highest BCUT2D eigenvalue weighted by atomic mass is 19.1. The maximum Gasteiger partial charge on any atom is 0.265 e. The van der Waals surface area contributed by atoms with E-state index in [4.69, 9.17) is 9.47 Å². The SMILES string of the molecule is O=Cc1c(OCc2ccccc2)c2ncc(CC3C=CC(F)=CC3)c3c2n(c1=O)CCO3. The van der Waals surface area contributed by atoms with Gasteiger partial charge >= 0.3 is 0 Å². The van der Waals surface area contributed by atoms with E-state index in [1.807, 2.05) is 36.4 Å². The number of pyridine rings is 2. The van der Waals surface area contributed by atoms with Crippen molar-refractivity contribution < 1.29 is 18.7 Å². The predicted molar refractivity (Wildman–Crippen MR) is 118 cm³/mol. The predicted octanol–water partition coefficient (Wildman–Crippen LogP) is 4.15. The van der Waals surface area contributed by atoms with Crippen molar-refractivity contribution in [1.82, 2.24) is 9.55 Å². The van der Waals surface area contributed by atoms with Gasteiger partial charge in [0.15, 0.2) is 12.0 Å². The summed E-state index contributed by atoms with van der Waals surface area (Å²) < 4.78 is 26.8. The van der Waals surface area contributed by atoms with Crippen LogP contribution in [0.5, 0.6) is 11.5 Å². The van der Waals surface area contributed by atoms with Crippen LogP contribution in [0.1, 0.15) is 27.9 Å². The van der Waals surface area contributed by atoms with Gasteiger partial charge in [-0.05, 0) is 36.5 Å². The Kier molecular flexibility index (Phi) is 5.31. The molecule has 0 fully saturated rings. The Hall–Kier alpha value is -3.74. The highest BCUT2D eigenvalue weighted by Gasteiger charge is 2.27.